The summed E-state index contributed by atoms with van der Waals surface area (Å²) in [6.07, 6.45) is 3.17. The Kier molecular flexibility index (Phi) is 4.37. The molecule has 0 atom stereocenters. The Morgan fingerprint density at radius 1 is 1.15 bits per heavy atom. The molecule has 0 aliphatic rings. The van der Waals surface area contributed by atoms with Crippen LogP contribution in [-0.2, 0) is 6.61 Å². The quantitative estimate of drug-likeness (QED) is 0.543. The number of fused-ring (bicyclic) bond motifs is 1. The van der Waals surface area contributed by atoms with E-state index < -0.39 is 0 Å². The van der Waals surface area contributed by atoms with Crippen molar-refractivity contribution in [2.75, 3.05) is 7.11 Å². The average molecular weight is 365 g/mol. The molecule has 2 aromatic heterocycles. The first-order chi connectivity index (χ1) is 12.7. The van der Waals surface area contributed by atoms with Crippen LogP contribution in [0.25, 0.3) is 11.0 Å². The first-order valence-electron chi connectivity index (χ1n) is 7.93. The minimum Gasteiger partial charge on any atom is -0.493 e. The lowest BCUT2D eigenvalue weighted by molar-refractivity contribution is 0.284. The summed E-state index contributed by atoms with van der Waals surface area (Å²) < 4.78 is 13.2. The number of hydrogen-bond acceptors (Lipinski definition) is 6. The zero-order valence-corrected chi connectivity index (χ0v) is 14.8. The summed E-state index contributed by atoms with van der Waals surface area (Å²) in [7, 11) is 1.59. The van der Waals surface area contributed by atoms with Gasteiger partial charge in [-0.25, -0.2) is 4.98 Å². The van der Waals surface area contributed by atoms with Crippen LogP contribution >= 0.6 is 11.3 Å². The monoisotopic (exact) mass is 365 g/mol. The predicted molar refractivity (Wildman–Crippen MR) is 99.7 cm³/mol. The number of ether oxygens (including phenoxy) is 2. The molecule has 0 bridgehead atoms. The van der Waals surface area contributed by atoms with Gasteiger partial charge >= 0.3 is 0 Å². The molecule has 0 saturated carbocycles. The van der Waals surface area contributed by atoms with Crippen molar-refractivity contribution in [2.45, 2.75) is 6.61 Å². The molecule has 0 spiro atoms. The zero-order chi connectivity index (χ0) is 17.9. The highest BCUT2D eigenvalue weighted by Crippen LogP contribution is 2.29. The lowest BCUT2D eigenvalue weighted by Gasteiger charge is -2.11. The maximum Gasteiger partial charge on any atom is 0.291 e. The van der Waals surface area contributed by atoms with Crippen molar-refractivity contribution in [3.63, 3.8) is 0 Å². The van der Waals surface area contributed by atoms with Crippen LogP contribution in [0.5, 0.6) is 11.5 Å². The minimum atomic E-state index is -0.175. The summed E-state index contributed by atoms with van der Waals surface area (Å²) >= 11 is 1.30. The van der Waals surface area contributed by atoms with Crippen LogP contribution in [-0.4, -0.2) is 21.7 Å². The van der Waals surface area contributed by atoms with Crippen molar-refractivity contribution in [3.05, 3.63) is 80.9 Å². The fourth-order valence-corrected chi connectivity index (χ4v) is 3.44. The molecule has 0 unspecified atom stereocenters. The van der Waals surface area contributed by atoms with Crippen LogP contribution in [0.3, 0.4) is 0 Å². The van der Waals surface area contributed by atoms with Gasteiger partial charge in [-0.05, 0) is 29.3 Å². The third-order valence-electron chi connectivity index (χ3n) is 3.84. The second-order valence-electron chi connectivity index (χ2n) is 5.55. The summed E-state index contributed by atoms with van der Waals surface area (Å²) in [5, 5.41) is 3.92. The molecule has 0 aliphatic carbocycles. The molecule has 4 aromatic rings. The highest BCUT2D eigenvalue weighted by Gasteiger charge is 2.08. The molecular weight excluding hydrogens is 350 g/mol. The van der Waals surface area contributed by atoms with Gasteiger partial charge in [-0.2, -0.15) is 9.61 Å². The van der Waals surface area contributed by atoms with E-state index in [4.69, 9.17) is 9.47 Å². The summed E-state index contributed by atoms with van der Waals surface area (Å²) in [6.45, 7) is 0.457. The number of rotatable bonds is 5. The third-order valence-corrected chi connectivity index (χ3v) is 4.82. The van der Waals surface area contributed by atoms with Gasteiger partial charge in [0.15, 0.2) is 11.5 Å². The number of methoxy groups -OCH3 is 1. The Morgan fingerprint density at radius 2 is 2.00 bits per heavy atom. The molecular formula is C19H15N3O3S. The van der Waals surface area contributed by atoms with Crippen LogP contribution in [0.15, 0.2) is 59.7 Å². The van der Waals surface area contributed by atoms with Crippen LogP contribution < -0.4 is 19.6 Å². The Morgan fingerprint density at radius 3 is 2.77 bits per heavy atom. The summed E-state index contributed by atoms with van der Waals surface area (Å²) in [6, 6.07) is 15.5. The van der Waals surface area contributed by atoms with E-state index in [9.17, 15) is 4.79 Å². The van der Waals surface area contributed by atoms with E-state index >= 15 is 0 Å². The molecule has 0 fully saturated rings. The highest BCUT2D eigenvalue weighted by molar-refractivity contribution is 7.15. The number of thiazole rings is 1. The Labute approximate surface area is 153 Å². The van der Waals surface area contributed by atoms with Gasteiger partial charge in [0.2, 0.25) is 4.96 Å². The SMILES string of the molecule is COc1cc(C=c2sc3ncnn3c2=O)ccc1OCc1ccccc1. The maximum atomic E-state index is 12.3. The van der Waals surface area contributed by atoms with Crippen molar-refractivity contribution in [3.8, 4) is 11.5 Å². The van der Waals surface area contributed by atoms with Gasteiger partial charge in [0, 0.05) is 0 Å². The zero-order valence-electron chi connectivity index (χ0n) is 14.0. The third kappa shape index (κ3) is 3.16. The van der Waals surface area contributed by atoms with Gasteiger partial charge in [0.05, 0.1) is 11.6 Å². The van der Waals surface area contributed by atoms with Crippen LogP contribution in [0, 0.1) is 0 Å². The molecule has 0 radical (unpaired) electrons. The van der Waals surface area contributed by atoms with Crippen LogP contribution in [0.4, 0.5) is 0 Å². The first-order valence-corrected chi connectivity index (χ1v) is 8.75. The van der Waals surface area contributed by atoms with Crippen molar-refractivity contribution >= 4 is 22.4 Å². The Balaban J connectivity index is 1.62. The molecule has 2 aromatic carbocycles. The second kappa shape index (κ2) is 6.97. The smallest absolute Gasteiger partial charge is 0.291 e. The van der Waals surface area contributed by atoms with Gasteiger partial charge in [-0.15, -0.1) is 0 Å². The number of benzene rings is 2. The van der Waals surface area contributed by atoms with E-state index in [0.717, 1.165) is 11.1 Å². The Bertz CT molecular complexity index is 1150. The molecule has 0 N–H and O–H groups in total. The average Bonchev–Trinajstić information content (AvgIpc) is 3.25. The van der Waals surface area contributed by atoms with E-state index in [-0.39, 0.29) is 5.56 Å². The number of aromatic nitrogens is 3. The molecule has 2 heterocycles. The second-order valence-corrected chi connectivity index (χ2v) is 6.56. The molecule has 4 rings (SSSR count). The lowest BCUT2D eigenvalue weighted by atomic mass is 10.2. The minimum absolute atomic E-state index is 0.175. The number of nitrogens with zero attached hydrogens (tertiary/aromatic N) is 3. The normalized spacial score (nSPS) is 11.8. The number of hydrogen-bond donors (Lipinski definition) is 0. The summed E-state index contributed by atoms with van der Waals surface area (Å²) in [5.74, 6) is 1.26. The van der Waals surface area contributed by atoms with Gasteiger partial charge < -0.3 is 9.47 Å². The summed E-state index contributed by atoms with van der Waals surface area (Å²) in [5.41, 5.74) is 1.75. The van der Waals surface area contributed by atoms with Gasteiger partial charge in [-0.3, -0.25) is 4.79 Å². The largest absolute Gasteiger partial charge is 0.493 e. The van der Waals surface area contributed by atoms with Crippen molar-refractivity contribution < 1.29 is 9.47 Å². The fourth-order valence-electron chi connectivity index (χ4n) is 2.56. The maximum absolute atomic E-state index is 12.3. The van der Waals surface area contributed by atoms with Gasteiger partial charge in [0.25, 0.3) is 5.56 Å². The van der Waals surface area contributed by atoms with E-state index in [1.165, 1.54) is 22.2 Å². The standard InChI is InChI=1S/C19H15N3O3S/c1-24-16-9-14(10-17-18(23)22-19(26-17)20-12-21-22)7-8-15(16)25-11-13-5-3-2-4-6-13/h2-10,12H,11H2,1H3. The lowest BCUT2D eigenvalue weighted by Crippen LogP contribution is -2.23. The topological polar surface area (TPSA) is 65.7 Å². The van der Waals surface area contributed by atoms with Gasteiger partial charge in [-0.1, -0.05) is 47.7 Å². The first kappa shape index (κ1) is 16.3. The van der Waals surface area contributed by atoms with E-state index in [0.29, 0.717) is 27.6 Å². The fraction of sp³-hybridized carbons (Fsp3) is 0.105. The van der Waals surface area contributed by atoms with E-state index in [1.54, 1.807) is 13.2 Å². The van der Waals surface area contributed by atoms with Gasteiger partial charge in [0.1, 0.15) is 12.9 Å². The van der Waals surface area contributed by atoms with Crippen molar-refractivity contribution in [1.29, 1.82) is 0 Å². The summed E-state index contributed by atoms with van der Waals surface area (Å²) in [4.78, 5) is 16.9. The molecule has 0 amide bonds. The molecule has 7 heteroatoms. The molecule has 0 saturated heterocycles. The molecule has 6 nitrogen and oxygen atoms in total. The predicted octanol–water partition coefficient (Wildman–Crippen LogP) is 2.29. The molecule has 26 heavy (non-hydrogen) atoms. The van der Waals surface area contributed by atoms with Crippen molar-refractivity contribution in [1.82, 2.24) is 14.6 Å². The molecule has 130 valence electrons. The van der Waals surface area contributed by atoms with Crippen LogP contribution in [0.2, 0.25) is 0 Å². The molecule has 0 aliphatic heterocycles. The van der Waals surface area contributed by atoms with Crippen molar-refractivity contribution in [2.24, 2.45) is 0 Å². The Hall–Kier alpha value is -3.19. The highest BCUT2D eigenvalue weighted by atomic mass is 32.1. The van der Waals surface area contributed by atoms with Crippen LogP contribution in [0.1, 0.15) is 11.1 Å². The van der Waals surface area contributed by atoms with E-state index in [1.807, 2.05) is 48.5 Å². The van der Waals surface area contributed by atoms with E-state index in [2.05, 4.69) is 10.1 Å².